The van der Waals surface area contributed by atoms with Crippen LogP contribution in [0.25, 0.3) is 11.0 Å². The van der Waals surface area contributed by atoms with Crippen LogP contribution in [0.4, 0.5) is 0 Å². The van der Waals surface area contributed by atoms with Crippen LogP contribution < -0.4 is 10.4 Å². The standard InChI is InChI=1S/C12H9IO4/c1-6-5-10(15)17-12-8(6)3-4-9(11(12)13)16-7(2)14/h3-5H,1-2H3. The zero-order valence-electron chi connectivity index (χ0n) is 9.24. The van der Waals surface area contributed by atoms with Gasteiger partial charge in [0.2, 0.25) is 0 Å². The normalized spacial score (nSPS) is 10.5. The molecule has 17 heavy (non-hydrogen) atoms. The highest BCUT2D eigenvalue weighted by molar-refractivity contribution is 14.1. The lowest BCUT2D eigenvalue weighted by Gasteiger charge is -2.07. The Morgan fingerprint density at radius 2 is 2.12 bits per heavy atom. The fourth-order valence-electron chi connectivity index (χ4n) is 1.57. The third-order valence-corrected chi connectivity index (χ3v) is 3.30. The minimum atomic E-state index is -0.409. The SMILES string of the molecule is CC(=O)Oc1ccc2c(C)cc(=O)oc2c1I. The van der Waals surface area contributed by atoms with Gasteiger partial charge in [-0.2, -0.15) is 0 Å². The quantitative estimate of drug-likeness (QED) is 0.345. The molecule has 0 radical (unpaired) electrons. The first kappa shape index (κ1) is 12.1. The molecular formula is C12H9IO4. The van der Waals surface area contributed by atoms with E-state index in [1.807, 2.05) is 29.5 Å². The topological polar surface area (TPSA) is 56.5 Å². The summed E-state index contributed by atoms with van der Waals surface area (Å²) in [5.41, 5.74) is 0.880. The van der Waals surface area contributed by atoms with Crippen LogP contribution in [-0.4, -0.2) is 5.97 Å². The molecule has 1 aromatic heterocycles. The fraction of sp³-hybridized carbons (Fsp3) is 0.167. The summed E-state index contributed by atoms with van der Waals surface area (Å²) in [5.74, 6) is -0.00313. The van der Waals surface area contributed by atoms with Crippen LogP contribution in [0.5, 0.6) is 5.75 Å². The number of hydrogen-bond acceptors (Lipinski definition) is 4. The van der Waals surface area contributed by atoms with E-state index in [2.05, 4.69) is 0 Å². The van der Waals surface area contributed by atoms with Gasteiger partial charge in [0.05, 0.1) is 3.57 Å². The lowest BCUT2D eigenvalue weighted by atomic mass is 10.1. The number of hydrogen-bond donors (Lipinski definition) is 0. The Balaban J connectivity index is 2.75. The van der Waals surface area contributed by atoms with Gasteiger partial charge in [-0.05, 0) is 47.2 Å². The van der Waals surface area contributed by atoms with E-state index in [1.165, 1.54) is 13.0 Å². The molecule has 0 aliphatic rings. The van der Waals surface area contributed by atoms with Crippen LogP contribution in [0.3, 0.4) is 0 Å². The zero-order chi connectivity index (χ0) is 12.6. The summed E-state index contributed by atoms with van der Waals surface area (Å²) in [6, 6.07) is 4.90. The van der Waals surface area contributed by atoms with Gasteiger partial charge in [-0.3, -0.25) is 4.79 Å². The minimum absolute atomic E-state index is 0.402. The Labute approximate surface area is 111 Å². The Morgan fingerprint density at radius 3 is 2.76 bits per heavy atom. The molecule has 0 saturated heterocycles. The van der Waals surface area contributed by atoms with Gasteiger partial charge in [-0.1, -0.05) is 0 Å². The van der Waals surface area contributed by atoms with Gasteiger partial charge in [-0.25, -0.2) is 4.79 Å². The molecule has 0 N–H and O–H groups in total. The summed E-state index contributed by atoms with van der Waals surface area (Å²) in [7, 11) is 0. The van der Waals surface area contributed by atoms with Crippen molar-refractivity contribution in [3.63, 3.8) is 0 Å². The fourth-order valence-corrected chi connectivity index (χ4v) is 2.26. The van der Waals surface area contributed by atoms with Gasteiger partial charge in [0.25, 0.3) is 0 Å². The molecule has 0 amide bonds. The molecule has 5 heteroatoms. The van der Waals surface area contributed by atoms with Gasteiger partial charge in [0, 0.05) is 18.4 Å². The highest BCUT2D eigenvalue weighted by Crippen LogP contribution is 2.30. The lowest BCUT2D eigenvalue weighted by Crippen LogP contribution is -2.04. The van der Waals surface area contributed by atoms with E-state index in [4.69, 9.17) is 9.15 Å². The van der Waals surface area contributed by atoms with Crippen LogP contribution in [0.1, 0.15) is 12.5 Å². The maximum absolute atomic E-state index is 11.3. The largest absolute Gasteiger partial charge is 0.425 e. The van der Waals surface area contributed by atoms with Crippen molar-refractivity contribution in [2.75, 3.05) is 0 Å². The number of carbonyl (C=O) groups is 1. The molecule has 1 aromatic carbocycles. The predicted octanol–water partition coefficient (Wildman–Crippen LogP) is 2.63. The molecular weight excluding hydrogens is 335 g/mol. The average molecular weight is 344 g/mol. The third kappa shape index (κ3) is 2.33. The molecule has 0 bridgehead atoms. The van der Waals surface area contributed by atoms with Crippen molar-refractivity contribution < 1.29 is 13.9 Å². The van der Waals surface area contributed by atoms with Crippen molar-refractivity contribution in [2.45, 2.75) is 13.8 Å². The highest BCUT2D eigenvalue weighted by Gasteiger charge is 2.12. The minimum Gasteiger partial charge on any atom is -0.425 e. The summed E-state index contributed by atoms with van der Waals surface area (Å²) in [6.45, 7) is 3.16. The molecule has 0 aliphatic heterocycles. The predicted molar refractivity (Wildman–Crippen MR) is 71.2 cm³/mol. The van der Waals surface area contributed by atoms with Gasteiger partial charge in [0.15, 0.2) is 5.58 Å². The van der Waals surface area contributed by atoms with Crippen molar-refractivity contribution in [1.82, 2.24) is 0 Å². The Kier molecular flexibility index (Phi) is 3.19. The maximum atomic E-state index is 11.3. The second kappa shape index (κ2) is 4.48. The summed E-state index contributed by atoms with van der Waals surface area (Å²) >= 11 is 2.00. The summed E-state index contributed by atoms with van der Waals surface area (Å²) in [5, 5.41) is 0.838. The van der Waals surface area contributed by atoms with Crippen LogP contribution in [0.15, 0.2) is 27.4 Å². The highest BCUT2D eigenvalue weighted by atomic mass is 127. The van der Waals surface area contributed by atoms with E-state index in [0.29, 0.717) is 14.9 Å². The van der Waals surface area contributed by atoms with Crippen LogP contribution >= 0.6 is 22.6 Å². The van der Waals surface area contributed by atoms with E-state index < -0.39 is 11.6 Å². The van der Waals surface area contributed by atoms with E-state index in [1.54, 1.807) is 12.1 Å². The van der Waals surface area contributed by atoms with Gasteiger partial charge in [-0.15, -0.1) is 0 Å². The second-order valence-corrected chi connectivity index (χ2v) is 4.68. The molecule has 0 fully saturated rings. The van der Waals surface area contributed by atoms with Crippen molar-refractivity contribution in [3.05, 3.63) is 37.8 Å². The molecule has 0 atom stereocenters. The number of esters is 1. The van der Waals surface area contributed by atoms with Gasteiger partial charge in [0.1, 0.15) is 5.75 Å². The first-order valence-corrected chi connectivity index (χ1v) is 5.98. The smallest absolute Gasteiger partial charge is 0.336 e. The number of aryl methyl sites for hydroxylation is 1. The van der Waals surface area contributed by atoms with Crippen LogP contribution in [0.2, 0.25) is 0 Å². The van der Waals surface area contributed by atoms with Crippen LogP contribution in [0, 0.1) is 10.5 Å². The third-order valence-electron chi connectivity index (χ3n) is 2.28. The zero-order valence-corrected chi connectivity index (χ0v) is 11.4. The Hall–Kier alpha value is -1.37. The van der Waals surface area contributed by atoms with Gasteiger partial charge >= 0.3 is 11.6 Å². The molecule has 0 spiro atoms. The monoisotopic (exact) mass is 344 g/mol. The first-order chi connectivity index (χ1) is 7.99. The summed E-state index contributed by atoms with van der Waals surface area (Å²) < 4.78 is 10.8. The molecule has 4 nitrogen and oxygen atoms in total. The number of ether oxygens (including phenoxy) is 1. The van der Waals surface area contributed by atoms with Gasteiger partial charge < -0.3 is 9.15 Å². The number of rotatable bonds is 1. The van der Waals surface area contributed by atoms with Crippen LogP contribution in [-0.2, 0) is 4.79 Å². The van der Waals surface area contributed by atoms with E-state index in [-0.39, 0.29) is 0 Å². The number of benzene rings is 1. The van der Waals surface area contributed by atoms with E-state index in [9.17, 15) is 9.59 Å². The molecule has 0 unspecified atom stereocenters. The molecule has 0 aliphatic carbocycles. The first-order valence-electron chi connectivity index (χ1n) is 4.90. The number of carbonyl (C=O) groups excluding carboxylic acids is 1. The molecule has 1 heterocycles. The van der Waals surface area contributed by atoms with Crippen molar-refractivity contribution in [3.8, 4) is 5.75 Å². The number of halogens is 1. The summed E-state index contributed by atoms with van der Waals surface area (Å²) in [6.07, 6.45) is 0. The summed E-state index contributed by atoms with van der Waals surface area (Å²) in [4.78, 5) is 22.2. The van der Waals surface area contributed by atoms with E-state index in [0.717, 1.165) is 10.9 Å². The Bertz CT molecular complexity index is 657. The molecule has 2 aromatic rings. The average Bonchev–Trinajstić information content (AvgIpc) is 2.22. The lowest BCUT2D eigenvalue weighted by molar-refractivity contribution is -0.131. The van der Waals surface area contributed by atoms with Crippen molar-refractivity contribution >= 4 is 39.5 Å². The Morgan fingerprint density at radius 1 is 1.41 bits per heavy atom. The van der Waals surface area contributed by atoms with E-state index >= 15 is 0 Å². The molecule has 88 valence electrons. The number of fused-ring (bicyclic) bond motifs is 1. The van der Waals surface area contributed by atoms with Crippen molar-refractivity contribution in [1.29, 1.82) is 0 Å². The maximum Gasteiger partial charge on any atom is 0.336 e. The molecule has 2 rings (SSSR count). The molecule has 0 saturated carbocycles. The van der Waals surface area contributed by atoms with Crippen molar-refractivity contribution in [2.24, 2.45) is 0 Å². The second-order valence-electron chi connectivity index (χ2n) is 3.60.